The van der Waals surface area contributed by atoms with E-state index in [2.05, 4.69) is 10.0 Å². The van der Waals surface area contributed by atoms with Crippen LogP contribution in [0.5, 0.6) is 0 Å². The van der Waals surface area contributed by atoms with Crippen LogP contribution in [0.1, 0.15) is 43.0 Å². The number of carbonyl (C=O) groups is 1. The molecule has 1 aliphatic heterocycles. The van der Waals surface area contributed by atoms with Gasteiger partial charge in [0.25, 0.3) is 5.91 Å². The quantitative estimate of drug-likeness (QED) is 0.825. The normalized spacial score (nSPS) is 21.8. The summed E-state index contributed by atoms with van der Waals surface area (Å²) in [5.74, 6) is -0.109. The van der Waals surface area contributed by atoms with E-state index in [1.165, 1.54) is 6.07 Å². The van der Waals surface area contributed by atoms with Crippen LogP contribution < -0.4 is 10.0 Å². The van der Waals surface area contributed by atoms with Crippen LogP contribution in [0.2, 0.25) is 0 Å². The topological polar surface area (TPSA) is 78.5 Å². The Morgan fingerprint density at radius 1 is 1.28 bits per heavy atom. The minimum Gasteiger partial charge on any atom is -0.333 e. The number of carbonyl (C=O) groups excluding carboxylic acids is 1. The highest BCUT2D eigenvalue weighted by Crippen LogP contribution is 2.21. The molecule has 25 heavy (non-hydrogen) atoms. The summed E-state index contributed by atoms with van der Waals surface area (Å²) in [6.07, 6.45) is 3.89. The molecule has 0 unspecified atom stereocenters. The lowest BCUT2D eigenvalue weighted by molar-refractivity contribution is 0.0655. The molecule has 0 aromatic heterocycles. The molecular formula is C17H26ClN3O3S. The molecule has 1 aromatic carbocycles. The van der Waals surface area contributed by atoms with Crippen LogP contribution in [0.15, 0.2) is 29.2 Å². The van der Waals surface area contributed by atoms with E-state index in [0.29, 0.717) is 12.1 Å². The molecule has 1 aliphatic carbocycles. The van der Waals surface area contributed by atoms with Crippen LogP contribution in [-0.2, 0) is 10.0 Å². The van der Waals surface area contributed by atoms with Crippen LogP contribution in [0.4, 0.5) is 0 Å². The minimum atomic E-state index is -3.58. The average molecular weight is 388 g/mol. The number of nitrogens with one attached hydrogen (secondary N) is 2. The lowest BCUT2D eigenvalue weighted by Crippen LogP contribution is -2.52. The lowest BCUT2D eigenvalue weighted by atomic mass is 10.1. The lowest BCUT2D eigenvalue weighted by Gasteiger charge is -2.34. The summed E-state index contributed by atoms with van der Waals surface area (Å²) in [7, 11) is -3.58. The van der Waals surface area contributed by atoms with Crippen molar-refractivity contribution in [1.29, 1.82) is 0 Å². The van der Waals surface area contributed by atoms with Crippen LogP contribution in [0.25, 0.3) is 0 Å². The minimum absolute atomic E-state index is 0. The first-order valence-corrected chi connectivity index (χ1v) is 10.1. The molecule has 3 rings (SSSR count). The van der Waals surface area contributed by atoms with Gasteiger partial charge in [-0.1, -0.05) is 18.9 Å². The highest BCUT2D eigenvalue weighted by atomic mass is 35.5. The Hall–Kier alpha value is -1.15. The molecule has 1 saturated carbocycles. The second-order valence-corrected chi connectivity index (χ2v) is 8.40. The fourth-order valence-corrected chi connectivity index (χ4v) is 4.79. The Kier molecular flexibility index (Phi) is 6.85. The smallest absolute Gasteiger partial charge is 0.254 e. The fourth-order valence-electron chi connectivity index (χ4n) is 3.44. The highest BCUT2D eigenvalue weighted by Gasteiger charge is 2.26. The number of amides is 1. The average Bonchev–Trinajstić information content (AvgIpc) is 3.07. The maximum atomic E-state index is 12.7. The van der Waals surface area contributed by atoms with Crippen LogP contribution >= 0.6 is 12.4 Å². The zero-order chi connectivity index (χ0) is 17.2. The number of hydrogen-bond acceptors (Lipinski definition) is 4. The second-order valence-electron chi connectivity index (χ2n) is 6.68. The summed E-state index contributed by atoms with van der Waals surface area (Å²) >= 11 is 0. The summed E-state index contributed by atoms with van der Waals surface area (Å²) in [4.78, 5) is 14.7. The van der Waals surface area contributed by atoms with E-state index in [4.69, 9.17) is 0 Å². The molecule has 0 spiro atoms. The van der Waals surface area contributed by atoms with Gasteiger partial charge in [0.15, 0.2) is 0 Å². The van der Waals surface area contributed by atoms with Gasteiger partial charge >= 0.3 is 0 Å². The first-order chi connectivity index (χ1) is 11.5. The molecule has 0 radical (unpaired) electrons. The Morgan fingerprint density at radius 3 is 2.68 bits per heavy atom. The number of rotatable bonds is 4. The zero-order valence-electron chi connectivity index (χ0n) is 14.4. The maximum absolute atomic E-state index is 12.7. The second kappa shape index (κ2) is 8.49. The van der Waals surface area contributed by atoms with Gasteiger partial charge in [-0.05, 0) is 38.0 Å². The van der Waals surface area contributed by atoms with Crippen molar-refractivity contribution in [3.63, 3.8) is 0 Å². The van der Waals surface area contributed by atoms with Crippen molar-refractivity contribution in [1.82, 2.24) is 14.9 Å². The monoisotopic (exact) mass is 387 g/mol. The van der Waals surface area contributed by atoms with E-state index < -0.39 is 10.0 Å². The molecule has 1 atom stereocenters. The van der Waals surface area contributed by atoms with E-state index >= 15 is 0 Å². The van der Waals surface area contributed by atoms with Gasteiger partial charge in [-0.2, -0.15) is 0 Å². The summed E-state index contributed by atoms with van der Waals surface area (Å²) in [5, 5.41) is 3.25. The standard InChI is InChI=1S/C17H25N3O3S.ClH/c1-13-12-18-9-10-20(13)17(21)14-5-4-8-16(11-14)24(22,23)19-15-6-2-3-7-15;/h4-5,8,11,13,15,18-19H,2-3,6-7,9-10,12H2,1H3;1H/t13-;/m0./s1. The number of sulfonamides is 1. The molecule has 1 heterocycles. The van der Waals surface area contributed by atoms with Crippen molar-refractivity contribution in [2.75, 3.05) is 19.6 Å². The van der Waals surface area contributed by atoms with E-state index in [1.54, 1.807) is 23.1 Å². The predicted octanol–water partition coefficient (Wildman–Crippen LogP) is 1.76. The Morgan fingerprint density at radius 2 is 2.00 bits per heavy atom. The molecular weight excluding hydrogens is 362 g/mol. The number of nitrogens with zero attached hydrogens (tertiary/aromatic N) is 1. The first kappa shape index (κ1) is 20.2. The third kappa shape index (κ3) is 4.73. The van der Waals surface area contributed by atoms with Gasteiger partial charge in [0.05, 0.1) is 4.90 Å². The van der Waals surface area contributed by atoms with Crippen molar-refractivity contribution in [3.05, 3.63) is 29.8 Å². The number of piperazine rings is 1. The Labute approximate surface area is 155 Å². The summed E-state index contributed by atoms with van der Waals surface area (Å²) < 4.78 is 27.9. The van der Waals surface area contributed by atoms with Gasteiger partial charge in [-0.25, -0.2) is 13.1 Å². The van der Waals surface area contributed by atoms with Gasteiger partial charge in [0.2, 0.25) is 10.0 Å². The molecule has 2 N–H and O–H groups in total. The van der Waals surface area contributed by atoms with Gasteiger partial charge in [0, 0.05) is 37.3 Å². The Bertz CT molecular complexity index is 705. The number of benzene rings is 1. The van der Waals surface area contributed by atoms with Crippen LogP contribution in [0, 0.1) is 0 Å². The molecule has 0 bridgehead atoms. The van der Waals surface area contributed by atoms with Crippen LogP contribution in [-0.4, -0.2) is 50.9 Å². The van der Waals surface area contributed by atoms with E-state index in [0.717, 1.165) is 38.8 Å². The van der Waals surface area contributed by atoms with Gasteiger partial charge in [-0.3, -0.25) is 4.79 Å². The molecule has 6 nitrogen and oxygen atoms in total. The largest absolute Gasteiger partial charge is 0.333 e. The molecule has 2 fully saturated rings. The van der Waals surface area contributed by atoms with Crippen molar-refractivity contribution < 1.29 is 13.2 Å². The van der Waals surface area contributed by atoms with Crippen molar-refractivity contribution in [3.8, 4) is 0 Å². The third-order valence-electron chi connectivity index (χ3n) is 4.83. The number of hydrogen-bond donors (Lipinski definition) is 2. The van der Waals surface area contributed by atoms with E-state index in [-0.39, 0.29) is 35.3 Å². The predicted molar refractivity (Wildman–Crippen MR) is 99.6 cm³/mol. The Balaban J connectivity index is 0.00000225. The SMILES string of the molecule is C[C@H]1CNCCN1C(=O)c1cccc(S(=O)(=O)NC2CCCC2)c1.Cl. The van der Waals surface area contributed by atoms with Gasteiger partial charge in [-0.15, -0.1) is 12.4 Å². The van der Waals surface area contributed by atoms with Crippen molar-refractivity contribution in [2.24, 2.45) is 0 Å². The maximum Gasteiger partial charge on any atom is 0.254 e. The third-order valence-corrected chi connectivity index (χ3v) is 6.35. The summed E-state index contributed by atoms with van der Waals surface area (Å²) in [5.41, 5.74) is 0.429. The fraction of sp³-hybridized carbons (Fsp3) is 0.588. The number of halogens is 1. The summed E-state index contributed by atoms with van der Waals surface area (Å²) in [6, 6.07) is 6.49. The van der Waals surface area contributed by atoms with E-state index in [9.17, 15) is 13.2 Å². The molecule has 1 amide bonds. The molecule has 1 aromatic rings. The van der Waals surface area contributed by atoms with Crippen molar-refractivity contribution in [2.45, 2.75) is 49.6 Å². The first-order valence-electron chi connectivity index (χ1n) is 8.61. The van der Waals surface area contributed by atoms with Gasteiger partial charge < -0.3 is 10.2 Å². The summed E-state index contributed by atoms with van der Waals surface area (Å²) in [6.45, 7) is 4.15. The highest BCUT2D eigenvalue weighted by molar-refractivity contribution is 7.89. The van der Waals surface area contributed by atoms with Crippen molar-refractivity contribution >= 4 is 28.3 Å². The molecule has 140 valence electrons. The molecule has 8 heteroatoms. The molecule has 1 saturated heterocycles. The zero-order valence-corrected chi connectivity index (χ0v) is 16.0. The molecule has 2 aliphatic rings. The van der Waals surface area contributed by atoms with Crippen LogP contribution in [0.3, 0.4) is 0 Å². The van der Waals surface area contributed by atoms with E-state index in [1.807, 2.05) is 6.92 Å². The van der Waals surface area contributed by atoms with Gasteiger partial charge in [0.1, 0.15) is 0 Å².